The first kappa shape index (κ1) is 21.1. The number of hydrogen-bond donors (Lipinski definition) is 0. The largest absolute Gasteiger partial charge is 0.458 e. The maximum Gasteiger partial charge on any atom is 0.174 e. The first-order valence-electron chi connectivity index (χ1n) is 7.79. The highest BCUT2D eigenvalue weighted by molar-refractivity contribution is 7.69. The van der Waals surface area contributed by atoms with E-state index in [4.69, 9.17) is 15.7 Å². The molecule has 0 aliphatic carbocycles. The number of halogens is 1. The van der Waals surface area contributed by atoms with E-state index in [1.165, 1.54) is 0 Å². The lowest BCUT2D eigenvalue weighted by molar-refractivity contribution is 0.483. The fourth-order valence-electron chi connectivity index (χ4n) is 3.86. The van der Waals surface area contributed by atoms with Crippen molar-refractivity contribution in [3.05, 3.63) is 0 Å². The monoisotopic (exact) mass is 368 g/mol. The van der Waals surface area contributed by atoms with E-state index >= 15 is 0 Å². The molecule has 0 rings (SSSR count). The van der Waals surface area contributed by atoms with Crippen molar-refractivity contribution in [2.24, 2.45) is 5.92 Å². The maximum atomic E-state index is 7.30. The van der Waals surface area contributed by atoms with Gasteiger partial charge in [0.15, 0.2) is 15.7 Å². The fraction of sp³-hybridized carbons (Fsp3) is 1.00. The van der Waals surface area contributed by atoms with Crippen molar-refractivity contribution in [1.82, 2.24) is 0 Å². The van der Waals surface area contributed by atoms with Crippen molar-refractivity contribution in [2.75, 3.05) is 0 Å². The molecule has 0 radical (unpaired) electrons. The molecule has 6 heteroatoms. The van der Waals surface area contributed by atoms with Crippen LogP contribution in [0.2, 0.25) is 58.9 Å². The molecule has 0 fully saturated rings. The third-order valence-corrected chi connectivity index (χ3v) is 47.5. The Morgan fingerprint density at radius 3 is 1.25 bits per heavy atom. The molecule has 0 spiro atoms. The molecule has 0 aromatic carbocycles. The highest BCUT2D eigenvalue weighted by Crippen LogP contribution is 2.47. The Morgan fingerprint density at radius 2 is 1.10 bits per heavy atom. The summed E-state index contributed by atoms with van der Waals surface area (Å²) in [6.45, 7) is 28.9. The molecule has 1 unspecified atom stereocenters. The van der Waals surface area contributed by atoms with Gasteiger partial charge in [0.1, 0.15) is 0 Å². The summed E-state index contributed by atoms with van der Waals surface area (Å²) < 4.78 is 6.99. The van der Waals surface area contributed by atoms with Gasteiger partial charge in [0.2, 0.25) is 0 Å². The van der Waals surface area contributed by atoms with E-state index in [0.29, 0.717) is 5.92 Å². The van der Waals surface area contributed by atoms with E-state index in [2.05, 4.69) is 79.7 Å². The van der Waals surface area contributed by atoms with Crippen molar-refractivity contribution in [1.29, 1.82) is 0 Å². The Balaban J connectivity index is 6.41. The molecule has 0 bridgehead atoms. The SMILES string of the molecule is CC(C)C(C)(Cl)[Si](O[Si](C)(C)C)([Si](C)(C)C)[Si](C)(C)C. The summed E-state index contributed by atoms with van der Waals surface area (Å²) in [7, 11) is -6.64. The van der Waals surface area contributed by atoms with Gasteiger partial charge >= 0.3 is 0 Å². The van der Waals surface area contributed by atoms with Crippen LogP contribution in [0.3, 0.4) is 0 Å². The molecule has 0 aromatic heterocycles. The second-order valence-corrected chi connectivity index (χ2v) is 41.9. The van der Waals surface area contributed by atoms with Crippen LogP contribution in [0.25, 0.3) is 0 Å². The molecule has 1 atom stereocenters. The first-order chi connectivity index (χ1) is 8.40. The molecule has 0 heterocycles. The van der Waals surface area contributed by atoms with Gasteiger partial charge in [-0.15, -0.1) is 11.6 Å². The van der Waals surface area contributed by atoms with Gasteiger partial charge < -0.3 is 4.12 Å². The summed E-state index contributed by atoms with van der Waals surface area (Å²) in [5.41, 5.74) is 0. The van der Waals surface area contributed by atoms with Crippen LogP contribution < -0.4 is 0 Å². The van der Waals surface area contributed by atoms with Gasteiger partial charge in [0.25, 0.3) is 0 Å². The van der Waals surface area contributed by atoms with Crippen LogP contribution in [0.4, 0.5) is 0 Å². The minimum atomic E-state index is -2.02. The highest BCUT2D eigenvalue weighted by atomic mass is 35.5. The zero-order chi connectivity index (χ0) is 16.8. The Hall–Kier alpha value is 1.12. The van der Waals surface area contributed by atoms with E-state index in [9.17, 15) is 0 Å². The van der Waals surface area contributed by atoms with Gasteiger partial charge in [-0.2, -0.15) is 0 Å². The van der Waals surface area contributed by atoms with Crippen molar-refractivity contribution in [3.8, 4) is 0 Å². The molecular formula is C14H37ClOSi4. The van der Waals surface area contributed by atoms with Crippen LogP contribution in [0, 0.1) is 5.92 Å². The van der Waals surface area contributed by atoms with Gasteiger partial charge in [0, 0.05) is 0 Å². The van der Waals surface area contributed by atoms with Crippen LogP contribution in [0.5, 0.6) is 0 Å². The minimum absolute atomic E-state index is 0.164. The Labute approximate surface area is 136 Å². The lowest BCUT2D eigenvalue weighted by Crippen LogP contribution is -2.84. The van der Waals surface area contributed by atoms with E-state index in [0.717, 1.165) is 0 Å². The summed E-state index contributed by atoms with van der Waals surface area (Å²) in [6, 6.07) is 0. The summed E-state index contributed by atoms with van der Waals surface area (Å²) in [5.74, 6) is 0.464. The summed E-state index contributed by atoms with van der Waals surface area (Å²) in [6.07, 6.45) is 0. The van der Waals surface area contributed by atoms with Crippen LogP contribution >= 0.6 is 11.6 Å². The van der Waals surface area contributed by atoms with E-state index in [1.807, 2.05) is 0 Å². The maximum absolute atomic E-state index is 7.30. The summed E-state index contributed by atoms with van der Waals surface area (Å²) in [5, 5.41) is 0. The third-order valence-electron chi connectivity index (χ3n) is 4.34. The quantitative estimate of drug-likeness (QED) is 0.424. The highest BCUT2D eigenvalue weighted by Gasteiger charge is 2.67. The molecule has 0 aliphatic heterocycles. The van der Waals surface area contributed by atoms with Gasteiger partial charge in [0.05, 0.1) is 19.7 Å². The lowest BCUT2D eigenvalue weighted by Gasteiger charge is -2.60. The van der Waals surface area contributed by atoms with E-state index < -0.39 is 30.9 Å². The first-order valence-corrected chi connectivity index (χ1v) is 22.5. The average molecular weight is 369 g/mol. The van der Waals surface area contributed by atoms with Crippen molar-refractivity contribution < 1.29 is 4.12 Å². The molecule has 0 aromatic rings. The standard InChI is InChI=1S/C14H37ClOSi4/c1-13(2)14(3,15)20(18(7,8)9,19(10,11)12)16-17(4,5)6/h13H,1-12H3. The minimum Gasteiger partial charge on any atom is -0.458 e. The van der Waals surface area contributed by atoms with Crippen LogP contribution in [-0.2, 0) is 4.12 Å². The molecule has 0 saturated carbocycles. The van der Waals surface area contributed by atoms with E-state index in [-0.39, 0.29) is 4.50 Å². The van der Waals surface area contributed by atoms with E-state index in [1.54, 1.807) is 0 Å². The van der Waals surface area contributed by atoms with Gasteiger partial charge in [-0.05, 0) is 32.5 Å². The molecule has 122 valence electrons. The molecular weight excluding hydrogens is 332 g/mol. The lowest BCUT2D eigenvalue weighted by atomic mass is 10.1. The van der Waals surface area contributed by atoms with Crippen molar-refractivity contribution in [3.63, 3.8) is 0 Å². The van der Waals surface area contributed by atoms with Crippen molar-refractivity contribution >= 4 is 42.5 Å². The topological polar surface area (TPSA) is 9.23 Å². The Bertz CT molecular complexity index is 321. The molecule has 1 nitrogen and oxygen atoms in total. The average Bonchev–Trinajstić information content (AvgIpc) is 2.07. The predicted molar refractivity (Wildman–Crippen MR) is 106 cm³/mol. The second kappa shape index (κ2) is 5.96. The number of alkyl halides is 1. The predicted octanol–water partition coefficient (Wildman–Crippen LogP) is 5.81. The Kier molecular flexibility index (Phi) is 6.30. The molecule has 0 amide bonds. The van der Waals surface area contributed by atoms with Crippen LogP contribution in [0.1, 0.15) is 20.8 Å². The third kappa shape index (κ3) is 3.90. The number of hydrogen-bond acceptors (Lipinski definition) is 1. The van der Waals surface area contributed by atoms with Gasteiger partial charge in [-0.25, -0.2) is 0 Å². The van der Waals surface area contributed by atoms with Crippen LogP contribution in [0.15, 0.2) is 0 Å². The molecule has 20 heavy (non-hydrogen) atoms. The normalized spacial score (nSPS) is 18.3. The zero-order valence-corrected chi connectivity index (χ0v) is 20.6. The number of rotatable bonds is 6. The molecule has 0 aliphatic rings. The molecule has 0 N–H and O–H groups in total. The molecule has 0 saturated heterocycles. The zero-order valence-electron chi connectivity index (χ0n) is 15.9. The summed E-state index contributed by atoms with van der Waals surface area (Å²) >= 11 is 7.30. The fourth-order valence-corrected chi connectivity index (χ4v) is 70.8. The second-order valence-electron chi connectivity index (χ2n) is 9.63. The Morgan fingerprint density at radius 1 is 0.800 bits per heavy atom. The van der Waals surface area contributed by atoms with Gasteiger partial charge in [-0.1, -0.05) is 53.1 Å². The smallest absolute Gasteiger partial charge is 0.174 e. The summed E-state index contributed by atoms with van der Waals surface area (Å²) in [4.78, 5) is 0. The van der Waals surface area contributed by atoms with Gasteiger partial charge in [-0.3, -0.25) is 0 Å². The van der Waals surface area contributed by atoms with Crippen LogP contribution in [-0.4, -0.2) is 35.4 Å². The van der Waals surface area contributed by atoms with Crippen molar-refractivity contribution in [2.45, 2.75) is 84.2 Å².